The van der Waals surface area contributed by atoms with Crippen LogP contribution in [0.1, 0.15) is 81.0 Å². The lowest BCUT2D eigenvalue weighted by atomic mass is 9.62. The number of rotatable bonds is 4. The number of hydrogen-bond acceptors (Lipinski definition) is 5. The number of benzene rings is 1. The van der Waals surface area contributed by atoms with Gasteiger partial charge in [0, 0.05) is 30.7 Å². The second-order valence-corrected chi connectivity index (χ2v) is 9.09. The Kier molecular flexibility index (Phi) is 7.23. The summed E-state index contributed by atoms with van der Waals surface area (Å²) in [5.41, 5.74) is 3.74. The highest BCUT2D eigenvalue weighted by molar-refractivity contribution is 6.23. The molecule has 0 unspecified atom stereocenters. The van der Waals surface area contributed by atoms with Crippen LogP contribution in [0.5, 0.6) is 0 Å². The maximum absolute atomic E-state index is 13.6. The van der Waals surface area contributed by atoms with Gasteiger partial charge in [-0.2, -0.15) is 0 Å². The van der Waals surface area contributed by atoms with Crippen molar-refractivity contribution in [3.8, 4) is 11.8 Å². The van der Waals surface area contributed by atoms with Crippen molar-refractivity contribution < 1.29 is 23.9 Å². The molecule has 0 saturated heterocycles. The van der Waals surface area contributed by atoms with Gasteiger partial charge in [0.1, 0.15) is 11.5 Å². The van der Waals surface area contributed by atoms with Crippen LogP contribution in [0, 0.1) is 37.0 Å². The largest absolute Gasteiger partial charge is 0.513 e. The second kappa shape index (κ2) is 9.73. The molecule has 1 aromatic rings. The predicted molar refractivity (Wildman–Crippen MR) is 123 cm³/mol. The summed E-state index contributed by atoms with van der Waals surface area (Å²) >= 11 is 0. The SMILES string of the molecule is CC#Cc1cc(C)c(C2=C(OC(=O)OC)CC3(CCC(C(=O)CC)CC3)CC2=O)c(C)c1. The van der Waals surface area contributed by atoms with E-state index in [1.807, 2.05) is 32.9 Å². The Labute approximate surface area is 190 Å². The highest BCUT2D eigenvalue weighted by Gasteiger charge is 2.45. The summed E-state index contributed by atoms with van der Waals surface area (Å²) in [4.78, 5) is 37.8. The van der Waals surface area contributed by atoms with E-state index in [-0.39, 0.29) is 17.1 Å². The summed E-state index contributed by atoms with van der Waals surface area (Å²) < 4.78 is 10.3. The van der Waals surface area contributed by atoms with Gasteiger partial charge in [0.2, 0.25) is 0 Å². The fraction of sp³-hybridized carbons (Fsp3) is 0.519. The van der Waals surface area contributed by atoms with Crippen LogP contribution in [-0.4, -0.2) is 24.8 Å². The Morgan fingerprint density at radius 2 is 1.75 bits per heavy atom. The molecule has 0 amide bonds. The minimum atomic E-state index is -0.819. The van der Waals surface area contributed by atoms with Gasteiger partial charge in [-0.05, 0) is 80.7 Å². The van der Waals surface area contributed by atoms with Crippen molar-refractivity contribution in [3.05, 3.63) is 40.1 Å². The second-order valence-electron chi connectivity index (χ2n) is 9.09. The first-order valence-electron chi connectivity index (χ1n) is 11.3. The third-order valence-corrected chi connectivity index (χ3v) is 6.90. The van der Waals surface area contributed by atoms with Gasteiger partial charge in [-0.25, -0.2) is 4.79 Å². The van der Waals surface area contributed by atoms with Crippen molar-refractivity contribution in [1.29, 1.82) is 0 Å². The molecular weight excluding hydrogens is 404 g/mol. The molecule has 0 aromatic heterocycles. The first-order valence-corrected chi connectivity index (χ1v) is 11.3. The number of ketones is 2. The van der Waals surface area contributed by atoms with Crippen LogP contribution in [0.15, 0.2) is 17.9 Å². The van der Waals surface area contributed by atoms with E-state index in [0.717, 1.165) is 47.9 Å². The maximum Gasteiger partial charge on any atom is 0.513 e. The number of ether oxygens (including phenoxy) is 2. The van der Waals surface area contributed by atoms with Gasteiger partial charge < -0.3 is 9.47 Å². The molecule has 1 saturated carbocycles. The zero-order chi connectivity index (χ0) is 23.5. The average molecular weight is 437 g/mol. The van der Waals surface area contributed by atoms with Gasteiger partial charge in [0.25, 0.3) is 0 Å². The summed E-state index contributed by atoms with van der Waals surface area (Å²) in [5, 5.41) is 0. The van der Waals surface area contributed by atoms with Gasteiger partial charge in [0.05, 0.1) is 12.7 Å². The zero-order valence-corrected chi connectivity index (χ0v) is 19.7. The lowest BCUT2D eigenvalue weighted by molar-refractivity contribution is -0.124. The van der Waals surface area contributed by atoms with Gasteiger partial charge in [-0.3, -0.25) is 9.59 Å². The number of Topliss-reactive ketones (excluding diaryl/α,β-unsaturated/α-hetero) is 2. The quantitative estimate of drug-likeness (QED) is 0.448. The van der Waals surface area contributed by atoms with Crippen molar-refractivity contribution in [2.45, 2.75) is 72.6 Å². The van der Waals surface area contributed by atoms with E-state index in [1.54, 1.807) is 6.92 Å². The summed E-state index contributed by atoms with van der Waals surface area (Å²) in [5.74, 6) is 6.71. The number of aryl methyl sites for hydroxylation is 2. The molecule has 1 fully saturated rings. The van der Waals surface area contributed by atoms with E-state index in [2.05, 4.69) is 11.8 Å². The first kappa shape index (κ1) is 23.8. The smallest absolute Gasteiger partial charge is 0.437 e. The number of carbonyl (C=O) groups is 3. The third kappa shape index (κ3) is 4.80. The molecule has 2 aliphatic carbocycles. The van der Waals surface area contributed by atoms with Crippen molar-refractivity contribution in [2.24, 2.45) is 11.3 Å². The van der Waals surface area contributed by atoms with Crippen LogP contribution in [0.3, 0.4) is 0 Å². The Morgan fingerprint density at radius 1 is 1.12 bits per heavy atom. The molecule has 0 aliphatic heterocycles. The first-order chi connectivity index (χ1) is 15.2. The molecule has 0 atom stereocenters. The van der Waals surface area contributed by atoms with Crippen molar-refractivity contribution in [3.63, 3.8) is 0 Å². The maximum atomic E-state index is 13.6. The predicted octanol–water partition coefficient (Wildman–Crippen LogP) is 5.69. The Hall–Kier alpha value is -2.87. The van der Waals surface area contributed by atoms with Crippen LogP contribution in [0.2, 0.25) is 0 Å². The summed E-state index contributed by atoms with van der Waals surface area (Å²) in [6, 6.07) is 3.92. The van der Waals surface area contributed by atoms with Crippen LogP contribution < -0.4 is 0 Å². The third-order valence-electron chi connectivity index (χ3n) is 6.90. The summed E-state index contributed by atoms with van der Waals surface area (Å²) in [7, 11) is 1.26. The molecule has 32 heavy (non-hydrogen) atoms. The van der Waals surface area contributed by atoms with Gasteiger partial charge in [0.15, 0.2) is 5.78 Å². The summed E-state index contributed by atoms with van der Waals surface area (Å²) in [6.45, 7) is 7.59. The van der Waals surface area contributed by atoms with Crippen LogP contribution >= 0.6 is 0 Å². The molecule has 5 heteroatoms. The Balaban J connectivity index is 2.03. The van der Waals surface area contributed by atoms with Crippen molar-refractivity contribution >= 4 is 23.3 Å². The molecule has 5 nitrogen and oxygen atoms in total. The zero-order valence-electron chi connectivity index (χ0n) is 19.7. The standard InChI is InChI=1S/C27H32O5/c1-6-8-19-13-17(3)24(18(4)14-19)25-22(29)15-27(16-23(25)32-26(30)31-5)11-9-20(10-12-27)21(28)7-2/h13-14,20H,7,9-12,15-16H2,1-5H3. The Morgan fingerprint density at radius 3 is 2.28 bits per heavy atom. The van der Waals surface area contributed by atoms with Gasteiger partial charge >= 0.3 is 6.16 Å². The van der Waals surface area contributed by atoms with Crippen LogP contribution in [0.4, 0.5) is 4.79 Å². The molecular formula is C27H32O5. The van der Waals surface area contributed by atoms with E-state index in [4.69, 9.17) is 9.47 Å². The average Bonchev–Trinajstić information content (AvgIpc) is 2.75. The van der Waals surface area contributed by atoms with Crippen LogP contribution in [-0.2, 0) is 19.1 Å². The van der Waals surface area contributed by atoms with Crippen LogP contribution in [0.25, 0.3) is 5.57 Å². The van der Waals surface area contributed by atoms with Crippen molar-refractivity contribution in [2.75, 3.05) is 7.11 Å². The number of carbonyl (C=O) groups excluding carboxylic acids is 3. The highest BCUT2D eigenvalue weighted by Crippen LogP contribution is 2.51. The van der Waals surface area contributed by atoms with E-state index in [1.165, 1.54) is 7.11 Å². The molecule has 0 radical (unpaired) electrons. The molecule has 1 aromatic carbocycles. The van der Waals surface area contributed by atoms with E-state index < -0.39 is 6.16 Å². The normalized spacial score (nSPS) is 22.9. The van der Waals surface area contributed by atoms with Gasteiger partial charge in [-0.1, -0.05) is 12.8 Å². The number of methoxy groups -OCH3 is 1. The molecule has 3 rings (SSSR count). The monoisotopic (exact) mass is 436 g/mol. The lowest BCUT2D eigenvalue weighted by Gasteiger charge is -2.42. The van der Waals surface area contributed by atoms with E-state index in [0.29, 0.717) is 36.4 Å². The van der Waals surface area contributed by atoms with E-state index in [9.17, 15) is 14.4 Å². The minimum Gasteiger partial charge on any atom is -0.437 e. The molecule has 0 heterocycles. The topological polar surface area (TPSA) is 69.7 Å². The number of hydrogen-bond donors (Lipinski definition) is 0. The highest BCUT2D eigenvalue weighted by atomic mass is 16.7. The van der Waals surface area contributed by atoms with Gasteiger partial charge in [-0.15, -0.1) is 5.92 Å². The number of allylic oxidation sites excluding steroid dienone is 2. The molecule has 0 N–H and O–H groups in total. The van der Waals surface area contributed by atoms with E-state index >= 15 is 0 Å². The molecule has 0 bridgehead atoms. The minimum absolute atomic E-state index is 0.0176. The van der Waals surface area contributed by atoms with Crippen molar-refractivity contribution in [1.82, 2.24) is 0 Å². The fourth-order valence-electron chi connectivity index (χ4n) is 5.35. The lowest BCUT2D eigenvalue weighted by Crippen LogP contribution is -2.37. The Bertz CT molecular complexity index is 1000. The molecule has 170 valence electrons. The fourth-order valence-corrected chi connectivity index (χ4v) is 5.35. The summed E-state index contributed by atoms with van der Waals surface area (Å²) in [6.07, 6.45) is 3.74. The molecule has 2 aliphatic rings. The molecule has 1 spiro atoms.